The van der Waals surface area contributed by atoms with Crippen LogP contribution in [0.3, 0.4) is 0 Å². The molecule has 0 radical (unpaired) electrons. The van der Waals surface area contributed by atoms with Gasteiger partial charge in [-0.1, -0.05) is 6.92 Å². The molecule has 2 unspecified atom stereocenters. The Labute approximate surface area is 119 Å². The Kier molecular flexibility index (Phi) is 3.88. The lowest BCUT2D eigenvalue weighted by atomic mass is 9.70. The summed E-state index contributed by atoms with van der Waals surface area (Å²) in [6.45, 7) is 3.96. The van der Waals surface area contributed by atoms with Crippen molar-refractivity contribution in [3.8, 4) is 0 Å². The van der Waals surface area contributed by atoms with E-state index in [-0.39, 0.29) is 11.6 Å². The number of rotatable bonds is 4. The highest BCUT2D eigenvalue weighted by Gasteiger charge is 2.44. The van der Waals surface area contributed by atoms with Crippen molar-refractivity contribution in [3.63, 3.8) is 0 Å². The van der Waals surface area contributed by atoms with E-state index in [1.807, 2.05) is 6.07 Å². The Morgan fingerprint density at radius 3 is 2.95 bits per heavy atom. The average Bonchev–Trinajstić information content (AvgIpc) is 2.80. The van der Waals surface area contributed by atoms with Gasteiger partial charge in [0, 0.05) is 18.2 Å². The summed E-state index contributed by atoms with van der Waals surface area (Å²) in [6, 6.07) is 2.29. The number of hydrogen-bond donors (Lipinski definition) is 1. The van der Waals surface area contributed by atoms with Gasteiger partial charge in [-0.3, -0.25) is 0 Å². The maximum atomic E-state index is 6.17. The molecule has 3 nitrogen and oxygen atoms in total. The predicted octanol–water partition coefficient (Wildman–Crippen LogP) is 3.93. The molecule has 0 bridgehead atoms. The molecule has 2 aliphatic rings. The number of ether oxygens (including phenoxy) is 1. The molecule has 1 spiro atoms. The molecule has 1 N–H and O–H groups in total. The van der Waals surface area contributed by atoms with E-state index in [0.29, 0.717) is 11.1 Å². The summed E-state index contributed by atoms with van der Waals surface area (Å²) >= 11 is 6.17. The minimum atomic E-state index is 0.173. The molecule has 2 atom stereocenters. The third kappa shape index (κ3) is 2.56. The Morgan fingerprint density at radius 1 is 1.53 bits per heavy atom. The molecule has 1 saturated carbocycles. The number of nitrogens with one attached hydrogen (secondary N) is 1. The first-order chi connectivity index (χ1) is 9.24. The third-order valence-corrected chi connectivity index (χ3v) is 4.98. The quantitative estimate of drug-likeness (QED) is 0.909. The maximum absolute atomic E-state index is 6.17. The van der Waals surface area contributed by atoms with Crippen molar-refractivity contribution in [1.29, 1.82) is 0 Å². The van der Waals surface area contributed by atoms with Crippen LogP contribution >= 0.6 is 11.6 Å². The van der Waals surface area contributed by atoms with Gasteiger partial charge in [-0.2, -0.15) is 0 Å². The fourth-order valence-electron chi connectivity index (χ4n) is 3.55. The van der Waals surface area contributed by atoms with Crippen molar-refractivity contribution in [1.82, 2.24) is 5.32 Å². The number of hydrogen-bond acceptors (Lipinski definition) is 3. The van der Waals surface area contributed by atoms with E-state index in [0.717, 1.165) is 31.6 Å². The first-order valence-corrected chi connectivity index (χ1v) is 7.72. The van der Waals surface area contributed by atoms with Gasteiger partial charge in [0.25, 0.3) is 0 Å². The van der Waals surface area contributed by atoms with Crippen LogP contribution in [0.4, 0.5) is 0 Å². The van der Waals surface area contributed by atoms with Crippen molar-refractivity contribution >= 4 is 11.6 Å². The fourth-order valence-corrected chi connectivity index (χ4v) is 3.78. The van der Waals surface area contributed by atoms with Gasteiger partial charge in [0.1, 0.15) is 0 Å². The van der Waals surface area contributed by atoms with E-state index < -0.39 is 0 Å². The zero-order valence-electron chi connectivity index (χ0n) is 11.5. The second-order valence-corrected chi connectivity index (χ2v) is 6.17. The molecule has 1 aliphatic heterocycles. The average molecular weight is 284 g/mol. The highest BCUT2D eigenvalue weighted by molar-refractivity contribution is 6.29. The summed E-state index contributed by atoms with van der Waals surface area (Å²) in [4.78, 5) is 0. The van der Waals surface area contributed by atoms with Crippen molar-refractivity contribution in [3.05, 3.63) is 23.1 Å². The molecule has 4 heteroatoms. The van der Waals surface area contributed by atoms with Crippen molar-refractivity contribution in [2.75, 3.05) is 13.2 Å². The Hall–Kier alpha value is -0.510. The first-order valence-electron chi connectivity index (χ1n) is 7.34. The lowest BCUT2D eigenvalue weighted by Gasteiger charge is -2.48. The monoisotopic (exact) mass is 283 g/mol. The van der Waals surface area contributed by atoms with Gasteiger partial charge in [0.05, 0.1) is 11.9 Å². The SMILES string of the molecule is CCNC(c1ccoc1Cl)C1CCOC2(CCC2)C1. The van der Waals surface area contributed by atoms with Gasteiger partial charge in [-0.05, 0) is 62.2 Å². The smallest absolute Gasteiger partial charge is 0.197 e. The normalized spacial score (nSPS) is 27.2. The summed E-state index contributed by atoms with van der Waals surface area (Å²) in [5.41, 5.74) is 1.28. The van der Waals surface area contributed by atoms with Gasteiger partial charge in [0.15, 0.2) is 5.22 Å². The lowest BCUT2D eigenvalue weighted by molar-refractivity contribution is -0.147. The number of furan rings is 1. The predicted molar refractivity (Wildman–Crippen MR) is 75.4 cm³/mol. The second-order valence-electron chi connectivity index (χ2n) is 5.82. The molecule has 1 aliphatic carbocycles. The molecule has 106 valence electrons. The van der Waals surface area contributed by atoms with Crippen LogP contribution in [-0.4, -0.2) is 18.8 Å². The highest BCUT2D eigenvalue weighted by Crippen LogP contribution is 2.47. The summed E-state index contributed by atoms with van der Waals surface area (Å²) in [6.07, 6.45) is 7.68. The molecular formula is C15H22ClNO2. The summed E-state index contributed by atoms with van der Waals surface area (Å²) < 4.78 is 11.3. The Morgan fingerprint density at radius 2 is 2.37 bits per heavy atom. The standard InChI is InChI=1S/C15H22ClNO2/c1-2-17-13(12-5-8-18-14(12)16)11-4-9-19-15(10-11)6-3-7-15/h5,8,11,13,17H,2-4,6-7,9-10H2,1H3. The maximum Gasteiger partial charge on any atom is 0.197 e. The zero-order valence-corrected chi connectivity index (χ0v) is 12.2. The summed E-state index contributed by atoms with van der Waals surface area (Å²) in [5, 5.41) is 4.11. The molecular weight excluding hydrogens is 262 g/mol. The van der Waals surface area contributed by atoms with E-state index in [1.54, 1.807) is 6.26 Å². The summed E-state index contributed by atoms with van der Waals surface area (Å²) in [5.74, 6) is 0.587. The van der Waals surface area contributed by atoms with Crippen LogP contribution in [0, 0.1) is 5.92 Å². The highest BCUT2D eigenvalue weighted by atomic mass is 35.5. The van der Waals surface area contributed by atoms with Gasteiger partial charge in [-0.15, -0.1) is 0 Å². The van der Waals surface area contributed by atoms with Crippen molar-refractivity contribution in [2.24, 2.45) is 5.92 Å². The van der Waals surface area contributed by atoms with E-state index in [2.05, 4.69) is 12.2 Å². The van der Waals surface area contributed by atoms with Crippen LogP contribution in [0.1, 0.15) is 50.6 Å². The van der Waals surface area contributed by atoms with Crippen LogP contribution in [-0.2, 0) is 4.74 Å². The third-order valence-electron chi connectivity index (χ3n) is 4.67. The molecule has 1 saturated heterocycles. The minimum Gasteiger partial charge on any atom is -0.453 e. The van der Waals surface area contributed by atoms with E-state index in [9.17, 15) is 0 Å². The molecule has 0 aromatic carbocycles. The molecule has 2 fully saturated rings. The Bertz CT molecular complexity index is 428. The van der Waals surface area contributed by atoms with E-state index in [1.165, 1.54) is 19.3 Å². The molecule has 1 aromatic rings. The van der Waals surface area contributed by atoms with Gasteiger partial charge in [-0.25, -0.2) is 0 Å². The van der Waals surface area contributed by atoms with Gasteiger partial charge in [0.2, 0.25) is 0 Å². The topological polar surface area (TPSA) is 34.4 Å². The molecule has 3 rings (SSSR count). The van der Waals surface area contributed by atoms with E-state index in [4.69, 9.17) is 20.8 Å². The van der Waals surface area contributed by atoms with Crippen LogP contribution in [0.15, 0.2) is 16.7 Å². The minimum absolute atomic E-state index is 0.173. The van der Waals surface area contributed by atoms with E-state index >= 15 is 0 Å². The van der Waals surface area contributed by atoms with Crippen LogP contribution in [0.5, 0.6) is 0 Å². The van der Waals surface area contributed by atoms with Gasteiger partial charge < -0.3 is 14.5 Å². The lowest BCUT2D eigenvalue weighted by Crippen LogP contribution is -2.48. The van der Waals surface area contributed by atoms with Crippen LogP contribution in [0.2, 0.25) is 5.22 Å². The Balaban J connectivity index is 1.78. The number of halogens is 1. The van der Waals surface area contributed by atoms with Crippen LogP contribution in [0.25, 0.3) is 0 Å². The second kappa shape index (κ2) is 5.47. The molecule has 19 heavy (non-hydrogen) atoms. The zero-order chi connectivity index (χ0) is 13.3. The largest absolute Gasteiger partial charge is 0.453 e. The summed E-state index contributed by atoms with van der Waals surface area (Å²) in [7, 11) is 0. The fraction of sp³-hybridized carbons (Fsp3) is 0.733. The van der Waals surface area contributed by atoms with Crippen molar-refractivity contribution in [2.45, 2.75) is 50.7 Å². The first kappa shape index (κ1) is 13.5. The van der Waals surface area contributed by atoms with Gasteiger partial charge >= 0.3 is 0 Å². The van der Waals surface area contributed by atoms with Crippen molar-refractivity contribution < 1.29 is 9.15 Å². The molecule has 1 aromatic heterocycles. The van der Waals surface area contributed by atoms with Crippen LogP contribution < -0.4 is 5.32 Å². The molecule has 0 amide bonds. The molecule has 2 heterocycles.